The SMILES string of the molecule is Cc1cc(NC(=O)c2ccc(Cl)cc2Cl)cc(C)c1C=O. The number of aldehydes is 1. The number of anilines is 1. The molecule has 0 aliphatic rings. The molecule has 1 amide bonds. The summed E-state index contributed by atoms with van der Waals surface area (Å²) in [6.45, 7) is 3.64. The molecule has 0 saturated carbocycles. The summed E-state index contributed by atoms with van der Waals surface area (Å²) in [6.07, 6.45) is 0.812. The molecule has 0 spiro atoms. The lowest BCUT2D eigenvalue weighted by Gasteiger charge is -2.11. The molecule has 0 unspecified atom stereocenters. The van der Waals surface area contributed by atoms with Crippen molar-refractivity contribution in [3.05, 3.63) is 62.6 Å². The monoisotopic (exact) mass is 321 g/mol. The third-order valence-corrected chi connectivity index (χ3v) is 3.69. The van der Waals surface area contributed by atoms with Crippen LogP contribution in [0.3, 0.4) is 0 Å². The van der Waals surface area contributed by atoms with Crippen molar-refractivity contribution in [1.29, 1.82) is 0 Å². The van der Waals surface area contributed by atoms with E-state index >= 15 is 0 Å². The topological polar surface area (TPSA) is 46.2 Å². The van der Waals surface area contributed by atoms with Crippen molar-refractivity contribution in [2.24, 2.45) is 0 Å². The van der Waals surface area contributed by atoms with E-state index in [0.717, 1.165) is 17.4 Å². The van der Waals surface area contributed by atoms with E-state index in [2.05, 4.69) is 5.32 Å². The second-order valence-electron chi connectivity index (χ2n) is 4.72. The van der Waals surface area contributed by atoms with E-state index < -0.39 is 0 Å². The Morgan fingerprint density at radius 2 is 1.71 bits per heavy atom. The van der Waals surface area contributed by atoms with E-state index in [1.807, 2.05) is 13.8 Å². The van der Waals surface area contributed by atoms with Crippen LogP contribution in [0.2, 0.25) is 10.0 Å². The third-order valence-electron chi connectivity index (χ3n) is 3.15. The summed E-state index contributed by atoms with van der Waals surface area (Å²) in [5.74, 6) is -0.325. The molecule has 0 saturated heterocycles. The zero-order valence-electron chi connectivity index (χ0n) is 11.5. The van der Waals surface area contributed by atoms with Gasteiger partial charge in [0.05, 0.1) is 10.6 Å². The van der Waals surface area contributed by atoms with Gasteiger partial charge in [-0.1, -0.05) is 23.2 Å². The van der Waals surface area contributed by atoms with Gasteiger partial charge >= 0.3 is 0 Å². The van der Waals surface area contributed by atoms with Crippen LogP contribution < -0.4 is 5.32 Å². The molecule has 2 rings (SSSR count). The summed E-state index contributed by atoms with van der Waals surface area (Å²) >= 11 is 11.8. The molecule has 0 heterocycles. The second kappa shape index (κ2) is 6.29. The molecule has 108 valence electrons. The number of halogens is 2. The smallest absolute Gasteiger partial charge is 0.257 e. The lowest BCUT2D eigenvalue weighted by molar-refractivity contribution is 0.102. The van der Waals surface area contributed by atoms with Gasteiger partial charge in [0.15, 0.2) is 6.29 Å². The molecule has 2 aromatic rings. The molecular formula is C16H13Cl2NO2. The van der Waals surface area contributed by atoms with Crippen LogP contribution in [0.5, 0.6) is 0 Å². The largest absolute Gasteiger partial charge is 0.322 e. The van der Waals surface area contributed by atoms with Gasteiger partial charge in [-0.15, -0.1) is 0 Å². The van der Waals surface area contributed by atoms with Crippen LogP contribution in [0.25, 0.3) is 0 Å². The molecule has 1 N–H and O–H groups in total. The van der Waals surface area contributed by atoms with Crippen molar-refractivity contribution < 1.29 is 9.59 Å². The molecule has 5 heteroatoms. The highest BCUT2D eigenvalue weighted by Crippen LogP contribution is 2.23. The summed E-state index contributed by atoms with van der Waals surface area (Å²) in [5, 5.41) is 3.53. The molecule has 21 heavy (non-hydrogen) atoms. The first-order valence-corrected chi connectivity index (χ1v) is 7.01. The second-order valence-corrected chi connectivity index (χ2v) is 5.56. The molecule has 3 nitrogen and oxygen atoms in total. The van der Waals surface area contributed by atoms with Gasteiger partial charge in [-0.05, 0) is 55.3 Å². The fourth-order valence-corrected chi connectivity index (χ4v) is 2.60. The van der Waals surface area contributed by atoms with E-state index in [1.54, 1.807) is 24.3 Å². The summed E-state index contributed by atoms with van der Waals surface area (Å²) in [4.78, 5) is 23.2. The molecule has 0 aromatic heterocycles. The Hall–Kier alpha value is -1.84. The van der Waals surface area contributed by atoms with Crippen LogP contribution in [0.4, 0.5) is 5.69 Å². The van der Waals surface area contributed by atoms with Gasteiger partial charge in [0.1, 0.15) is 0 Å². The van der Waals surface area contributed by atoms with Crippen LogP contribution in [0, 0.1) is 13.8 Å². The molecule has 0 radical (unpaired) electrons. The Balaban J connectivity index is 2.29. The van der Waals surface area contributed by atoms with E-state index in [-0.39, 0.29) is 10.9 Å². The number of hydrogen-bond acceptors (Lipinski definition) is 2. The van der Waals surface area contributed by atoms with Gasteiger partial charge in [0, 0.05) is 16.3 Å². The van der Waals surface area contributed by atoms with E-state index in [1.165, 1.54) is 6.07 Å². The van der Waals surface area contributed by atoms with Crippen molar-refractivity contribution in [2.45, 2.75) is 13.8 Å². The Labute approximate surface area is 132 Å². The van der Waals surface area contributed by atoms with E-state index in [4.69, 9.17) is 23.2 Å². The van der Waals surface area contributed by atoms with E-state index in [9.17, 15) is 9.59 Å². The van der Waals surface area contributed by atoms with Gasteiger partial charge in [-0.3, -0.25) is 9.59 Å². The van der Waals surface area contributed by atoms with Gasteiger partial charge in [0.2, 0.25) is 0 Å². The van der Waals surface area contributed by atoms with Crippen LogP contribution in [-0.2, 0) is 0 Å². The molecule has 0 aliphatic heterocycles. The van der Waals surface area contributed by atoms with Gasteiger partial charge in [-0.2, -0.15) is 0 Å². The molecule has 0 fully saturated rings. The molecule has 2 aromatic carbocycles. The Morgan fingerprint density at radius 3 is 2.24 bits per heavy atom. The van der Waals surface area contributed by atoms with Crippen molar-refractivity contribution in [3.63, 3.8) is 0 Å². The highest BCUT2D eigenvalue weighted by molar-refractivity contribution is 6.37. The summed E-state index contributed by atoms with van der Waals surface area (Å²) < 4.78 is 0. The van der Waals surface area contributed by atoms with Crippen molar-refractivity contribution >= 4 is 41.1 Å². The van der Waals surface area contributed by atoms with Crippen LogP contribution in [-0.4, -0.2) is 12.2 Å². The normalized spacial score (nSPS) is 10.3. The fraction of sp³-hybridized carbons (Fsp3) is 0.125. The first-order valence-electron chi connectivity index (χ1n) is 6.25. The number of carbonyl (C=O) groups excluding carboxylic acids is 2. The zero-order chi connectivity index (χ0) is 15.6. The molecule has 0 aliphatic carbocycles. The fourth-order valence-electron chi connectivity index (χ4n) is 2.10. The first-order chi connectivity index (χ1) is 9.92. The maximum absolute atomic E-state index is 12.2. The Morgan fingerprint density at radius 1 is 1.10 bits per heavy atom. The maximum Gasteiger partial charge on any atom is 0.257 e. The lowest BCUT2D eigenvalue weighted by atomic mass is 10.0. The highest BCUT2D eigenvalue weighted by Gasteiger charge is 2.12. The molecule has 0 bridgehead atoms. The number of nitrogens with one attached hydrogen (secondary N) is 1. The predicted octanol–water partition coefficient (Wildman–Crippen LogP) is 4.68. The average molecular weight is 322 g/mol. The Kier molecular flexibility index (Phi) is 4.66. The van der Waals surface area contributed by atoms with E-state index in [0.29, 0.717) is 21.8 Å². The van der Waals surface area contributed by atoms with Crippen molar-refractivity contribution in [3.8, 4) is 0 Å². The minimum Gasteiger partial charge on any atom is -0.322 e. The maximum atomic E-state index is 12.2. The zero-order valence-corrected chi connectivity index (χ0v) is 13.0. The van der Waals surface area contributed by atoms with Crippen LogP contribution in [0.1, 0.15) is 31.8 Å². The number of rotatable bonds is 3. The number of carbonyl (C=O) groups is 2. The summed E-state index contributed by atoms with van der Waals surface area (Å²) in [7, 11) is 0. The minimum atomic E-state index is -0.325. The van der Waals surface area contributed by atoms with Crippen molar-refractivity contribution in [2.75, 3.05) is 5.32 Å². The summed E-state index contributed by atoms with van der Waals surface area (Å²) in [5.41, 5.74) is 3.21. The highest BCUT2D eigenvalue weighted by atomic mass is 35.5. The first kappa shape index (κ1) is 15.5. The quantitative estimate of drug-likeness (QED) is 0.834. The van der Waals surface area contributed by atoms with Crippen LogP contribution in [0.15, 0.2) is 30.3 Å². The standard InChI is InChI=1S/C16H13Cl2NO2/c1-9-5-12(6-10(2)14(9)8-20)19-16(21)13-4-3-11(17)7-15(13)18/h3-8H,1-2H3,(H,19,21). The van der Waals surface area contributed by atoms with Gasteiger partial charge < -0.3 is 5.32 Å². The number of aryl methyl sites for hydroxylation is 2. The Bertz CT molecular complexity index is 703. The predicted molar refractivity (Wildman–Crippen MR) is 85.7 cm³/mol. The van der Waals surface area contributed by atoms with Gasteiger partial charge in [-0.25, -0.2) is 0 Å². The minimum absolute atomic E-state index is 0.290. The number of hydrogen-bond donors (Lipinski definition) is 1. The van der Waals surface area contributed by atoms with Crippen molar-refractivity contribution in [1.82, 2.24) is 0 Å². The molecular weight excluding hydrogens is 309 g/mol. The van der Waals surface area contributed by atoms with Crippen LogP contribution >= 0.6 is 23.2 Å². The number of benzene rings is 2. The van der Waals surface area contributed by atoms with Gasteiger partial charge in [0.25, 0.3) is 5.91 Å². The molecule has 0 atom stereocenters. The third kappa shape index (κ3) is 3.43. The lowest BCUT2D eigenvalue weighted by Crippen LogP contribution is -2.13. The summed E-state index contributed by atoms with van der Waals surface area (Å²) in [6, 6.07) is 8.19. The number of amides is 1. The average Bonchev–Trinajstić information content (AvgIpc) is 2.37.